The lowest BCUT2D eigenvalue weighted by Crippen LogP contribution is -2.32. The van der Waals surface area contributed by atoms with Gasteiger partial charge in [0.2, 0.25) is 0 Å². The van der Waals surface area contributed by atoms with Crippen LogP contribution < -0.4 is 67.6 Å². The standard InChI is InChI=1S/C13H29N.C6H18N4.C4H13N3.C3H10N2.C2H8N2/c1-2-3-4-5-6-7-8-9-10-11-12-13-14;7-1-3-9-5-6-10-4-2-8;5-1-3-7-4-2-6;4-2-1-3-5;3-1-2-4/h2-14H2,1H3;9-10H,1-8H2;7H,1-6H2;1-5H2;1-4H2. The van der Waals surface area contributed by atoms with Gasteiger partial charge in [-0.2, -0.15) is 0 Å². The fraction of sp³-hybridized carbons (Fsp3) is 1.00. The molecule has 12 heteroatoms. The normalized spacial score (nSPS) is 9.75. The molecule has 0 aliphatic heterocycles. The molecule has 0 aliphatic rings. The largest absolute Gasteiger partial charge is 0.330 e. The van der Waals surface area contributed by atoms with Crippen LogP contribution in [-0.4, -0.2) is 98.2 Å². The minimum absolute atomic E-state index is 0.597. The Balaban J connectivity index is -0.000000138. The van der Waals surface area contributed by atoms with Gasteiger partial charge in [0, 0.05) is 78.5 Å². The molecule has 0 saturated carbocycles. The topological polar surface area (TPSA) is 270 Å². The Kier molecular flexibility index (Phi) is 76.6. The molecule has 0 atom stereocenters. The maximum Gasteiger partial charge on any atom is 0.00772 e. The SMILES string of the molecule is CCCCCCCCCCCCCN.NCCCN.NCCN.NCCNCCN.NCCNCCNCCN. The van der Waals surface area contributed by atoms with E-state index in [1.165, 1.54) is 70.6 Å². The van der Waals surface area contributed by atoms with Crippen molar-refractivity contribution < 1.29 is 0 Å². The molecule has 12 nitrogen and oxygen atoms in total. The Hall–Kier alpha value is -0.480. The van der Waals surface area contributed by atoms with Crippen molar-refractivity contribution in [3.05, 3.63) is 0 Å². The number of hydrogen-bond acceptors (Lipinski definition) is 12. The highest BCUT2D eigenvalue weighted by atomic mass is 14.9. The van der Waals surface area contributed by atoms with Crippen molar-refractivity contribution >= 4 is 0 Å². The summed E-state index contributed by atoms with van der Waals surface area (Å²) in [4.78, 5) is 0. The molecule has 0 aromatic heterocycles. The predicted molar refractivity (Wildman–Crippen MR) is 181 cm³/mol. The van der Waals surface area contributed by atoms with Gasteiger partial charge in [-0.1, -0.05) is 71.1 Å². The van der Waals surface area contributed by atoms with Gasteiger partial charge in [-0.25, -0.2) is 0 Å². The maximum atomic E-state index is 5.44. The fourth-order valence-electron chi connectivity index (χ4n) is 2.89. The predicted octanol–water partition coefficient (Wildman–Crippen LogP) is -0.970. The summed E-state index contributed by atoms with van der Waals surface area (Å²) in [5, 5.41) is 9.37. The van der Waals surface area contributed by atoms with Crippen LogP contribution in [0.25, 0.3) is 0 Å². The molecule has 0 aromatic carbocycles. The Morgan fingerprint density at radius 3 is 0.775 bits per heavy atom. The van der Waals surface area contributed by atoms with Gasteiger partial charge in [-0.15, -0.1) is 0 Å². The quantitative estimate of drug-likeness (QED) is 0.0579. The van der Waals surface area contributed by atoms with Crippen molar-refractivity contribution in [3.8, 4) is 0 Å². The highest BCUT2D eigenvalue weighted by Crippen LogP contribution is 2.10. The lowest BCUT2D eigenvalue weighted by atomic mass is 10.1. The summed E-state index contributed by atoms with van der Waals surface area (Å²) >= 11 is 0. The van der Waals surface area contributed by atoms with E-state index in [-0.39, 0.29) is 0 Å². The second-order valence-electron chi connectivity index (χ2n) is 9.24. The molecule has 0 saturated heterocycles. The molecule has 0 radical (unpaired) electrons. The van der Waals surface area contributed by atoms with Crippen LogP contribution in [0, 0.1) is 0 Å². The molecule has 0 amide bonds. The smallest absolute Gasteiger partial charge is 0.00772 e. The molecule has 250 valence electrons. The molecule has 0 aliphatic carbocycles. The first-order valence-corrected chi connectivity index (χ1v) is 16.0. The molecule has 21 N–H and O–H groups in total. The molecule has 0 rings (SSSR count). The third-order valence-electron chi connectivity index (χ3n) is 5.15. The third kappa shape index (κ3) is 83.2. The summed E-state index contributed by atoms with van der Waals surface area (Å²) in [6, 6.07) is 0. The van der Waals surface area contributed by atoms with E-state index in [0.29, 0.717) is 39.3 Å². The average molecular weight is 583 g/mol. The lowest BCUT2D eigenvalue weighted by molar-refractivity contribution is 0.551. The number of nitrogens with one attached hydrogen (secondary N) is 3. The molecule has 0 bridgehead atoms. The first-order chi connectivity index (χ1) is 19.6. The highest BCUT2D eigenvalue weighted by molar-refractivity contribution is 4.52. The zero-order valence-electron chi connectivity index (χ0n) is 26.8. The van der Waals surface area contributed by atoms with Crippen LogP contribution in [0.3, 0.4) is 0 Å². The van der Waals surface area contributed by atoms with Crippen LogP contribution in [0.1, 0.15) is 84.0 Å². The molecule has 0 fully saturated rings. The molecule has 0 heterocycles. The number of unbranched alkanes of at least 4 members (excludes halogenated alkanes) is 10. The summed E-state index contributed by atoms with van der Waals surface area (Å²) in [7, 11) is 0. The summed E-state index contributed by atoms with van der Waals surface area (Å²) in [5.74, 6) is 0. The Morgan fingerprint density at radius 1 is 0.275 bits per heavy atom. The van der Waals surface area contributed by atoms with Crippen molar-refractivity contribution in [1.29, 1.82) is 0 Å². The summed E-state index contributed by atoms with van der Waals surface area (Å²) in [5.41, 5.74) is 46.2. The van der Waals surface area contributed by atoms with Gasteiger partial charge < -0.3 is 67.6 Å². The molecular formula is C28H78N12. The first-order valence-electron chi connectivity index (χ1n) is 16.0. The average Bonchev–Trinajstić information content (AvgIpc) is 2.98. The summed E-state index contributed by atoms with van der Waals surface area (Å²) in [6.07, 6.45) is 16.4. The van der Waals surface area contributed by atoms with E-state index >= 15 is 0 Å². The van der Waals surface area contributed by atoms with Gasteiger partial charge in [0.1, 0.15) is 0 Å². The van der Waals surface area contributed by atoms with Crippen LogP contribution in [-0.2, 0) is 0 Å². The second-order valence-corrected chi connectivity index (χ2v) is 9.24. The van der Waals surface area contributed by atoms with Crippen molar-refractivity contribution in [2.24, 2.45) is 51.6 Å². The Labute approximate surface area is 249 Å². The minimum Gasteiger partial charge on any atom is -0.330 e. The van der Waals surface area contributed by atoms with E-state index in [2.05, 4.69) is 22.9 Å². The van der Waals surface area contributed by atoms with Gasteiger partial charge >= 0.3 is 0 Å². The molecular weight excluding hydrogens is 504 g/mol. The van der Waals surface area contributed by atoms with Crippen molar-refractivity contribution in [2.75, 3.05) is 98.2 Å². The van der Waals surface area contributed by atoms with E-state index in [9.17, 15) is 0 Å². The van der Waals surface area contributed by atoms with E-state index in [4.69, 9.17) is 51.6 Å². The van der Waals surface area contributed by atoms with Crippen molar-refractivity contribution in [3.63, 3.8) is 0 Å². The lowest BCUT2D eigenvalue weighted by Gasteiger charge is -2.03. The first kappa shape index (κ1) is 49.2. The maximum absolute atomic E-state index is 5.44. The molecule has 40 heavy (non-hydrogen) atoms. The van der Waals surface area contributed by atoms with Crippen LogP contribution in [0.15, 0.2) is 0 Å². The van der Waals surface area contributed by atoms with Gasteiger partial charge in [0.25, 0.3) is 0 Å². The number of rotatable bonds is 25. The van der Waals surface area contributed by atoms with Crippen LogP contribution in [0.2, 0.25) is 0 Å². The number of hydrogen-bond donors (Lipinski definition) is 12. The third-order valence-corrected chi connectivity index (χ3v) is 5.15. The summed E-state index contributed by atoms with van der Waals surface area (Å²) in [6.45, 7) is 14.0. The molecule has 0 unspecified atom stereocenters. The van der Waals surface area contributed by atoms with Crippen LogP contribution in [0.4, 0.5) is 0 Å². The molecule has 0 aromatic rings. The van der Waals surface area contributed by atoms with Crippen LogP contribution in [0.5, 0.6) is 0 Å². The van der Waals surface area contributed by atoms with Crippen LogP contribution >= 0.6 is 0 Å². The Morgan fingerprint density at radius 2 is 0.550 bits per heavy atom. The van der Waals surface area contributed by atoms with Gasteiger partial charge in [-0.3, -0.25) is 0 Å². The second kappa shape index (κ2) is 62.2. The minimum atomic E-state index is 0.597. The highest BCUT2D eigenvalue weighted by Gasteiger charge is 1.91. The fourth-order valence-corrected chi connectivity index (χ4v) is 2.89. The van der Waals surface area contributed by atoms with Crippen molar-refractivity contribution in [2.45, 2.75) is 84.0 Å². The van der Waals surface area contributed by atoms with E-state index in [1.54, 1.807) is 0 Å². The number of nitrogens with two attached hydrogens (primary N) is 9. The Bertz CT molecular complexity index is 302. The van der Waals surface area contributed by atoms with E-state index in [0.717, 1.165) is 65.3 Å². The zero-order valence-corrected chi connectivity index (χ0v) is 26.8. The van der Waals surface area contributed by atoms with Gasteiger partial charge in [-0.05, 0) is 32.5 Å². The van der Waals surface area contributed by atoms with E-state index in [1.807, 2.05) is 0 Å². The monoisotopic (exact) mass is 583 g/mol. The summed E-state index contributed by atoms with van der Waals surface area (Å²) < 4.78 is 0. The van der Waals surface area contributed by atoms with Gasteiger partial charge in [0.05, 0.1) is 0 Å². The van der Waals surface area contributed by atoms with E-state index < -0.39 is 0 Å². The van der Waals surface area contributed by atoms with Gasteiger partial charge in [0.15, 0.2) is 0 Å². The molecule has 0 spiro atoms. The zero-order chi connectivity index (χ0) is 31.2. The van der Waals surface area contributed by atoms with Crippen molar-refractivity contribution in [1.82, 2.24) is 16.0 Å².